The lowest BCUT2D eigenvalue weighted by molar-refractivity contribution is 0.918. The zero-order valence-corrected chi connectivity index (χ0v) is 12.3. The summed E-state index contributed by atoms with van der Waals surface area (Å²) < 4.78 is 1.85. The van der Waals surface area contributed by atoms with Gasteiger partial charge in [0.1, 0.15) is 0 Å². The first kappa shape index (κ1) is 12.8. The summed E-state index contributed by atoms with van der Waals surface area (Å²) in [4.78, 5) is 4.84. The Morgan fingerprint density at radius 3 is 2.09 bits per heavy atom. The molecule has 0 amide bonds. The van der Waals surface area contributed by atoms with Gasteiger partial charge in [-0.15, -0.1) is 0 Å². The zero-order valence-electron chi connectivity index (χ0n) is 12.3. The smallest absolute Gasteiger partial charge is 0.163 e. The van der Waals surface area contributed by atoms with Gasteiger partial charge in [0.05, 0.1) is 11.4 Å². The summed E-state index contributed by atoms with van der Waals surface area (Å²) in [5, 5.41) is 4.58. The van der Waals surface area contributed by atoms with Gasteiger partial charge in [0, 0.05) is 17.3 Å². The van der Waals surface area contributed by atoms with Gasteiger partial charge in [-0.25, -0.2) is 9.50 Å². The Morgan fingerprint density at radius 2 is 1.41 bits per heavy atom. The second kappa shape index (κ2) is 5.11. The van der Waals surface area contributed by atoms with E-state index < -0.39 is 0 Å². The van der Waals surface area contributed by atoms with E-state index in [0.717, 1.165) is 33.7 Å². The molecule has 3 heteroatoms. The maximum atomic E-state index is 4.84. The van der Waals surface area contributed by atoms with Crippen LogP contribution in [0.15, 0.2) is 72.9 Å². The van der Waals surface area contributed by atoms with Gasteiger partial charge in [0.25, 0.3) is 0 Å². The molecule has 3 nitrogen and oxygen atoms in total. The van der Waals surface area contributed by atoms with Crippen molar-refractivity contribution < 1.29 is 0 Å². The van der Waals surface area contributed by atoms with Crippen molar-refractivity contribution in [2.24, 2.45) is 0 Å². The Bertz CT molecular complexity index is 925. The third-order valence-electron chi connectivity index (χ3n) is 3.79. The summed E-state index contributed by atoms with van der Waals surface area (Å²) in [5.74, 6) is 0. The van der Waals surface area contributed by atoms with Gasteiger partial charge in [-0.1, -0.05) is 60.7 Å². The average molecular weight is 285 g/mol. The van der Waals surface area contributed by atoms with Crippen LogP contribution in [0.3, 0.4) is 0 Å². The number of rotatable bonds is 2. The van der Waals surface area contributed by atoms with E-state index >= 15 is 0 Å². The fourth-order valence-corrected chi connectivity index (χ4v) is 2.75. The van der Waals surface area contributed by atoms with Crippen molar-refractivity contribution in [1.82, 2.24) is 14.6 Å². The van der Waals surface area contributed by atoms with Gasteiger partial charge < -0.3 is 0 Å². The predicted molar refractivity (Wildman–Crippen MR) is 88.6 cm³/mol. The highest BCUT2D eigenvalue weighted by atomic mass is 15.2. The van der Waals surface area contributed by atoms with E-state index in [2.05, 4.69) is 29.4 Å². The van der Waals surface area contributed by atoms with Crippen LogP contribution in [0.4, 0.5) is 0 Å². The molecule has 2 heterocycles. The second-order valence-electron chi connectivity index (χ2n) is 5.27. The highest BCUT2D eigenvalue weighted by Gasteiger charge is 2.13. The van der Waals surface area contributed by atoms with E-state index in [-0.39, 0.29) is 0 Å². The second-order valence-corrected chi connectivity index (χ2v) is 5.27. The highest BCUT2D eigenvalue weighted by molar-refractivity contribution is 5.80. The minimum Gasteiger partial charge on any atom is -0.228 e. The Morgan fingerprint density at radius 1 is 0.773 bits per heavy atom. The zero-order chi connectivity index (χ0) is 14.9. The van der Waals surface area contributed by atoms with E-state index in [4.69, 9.17) is 4.98 Å². The van der Waals surface area contributed by atoms with Crippen LogP contribution in [-0.2, 0) is 0 Å². The molecular weight excluding hydrogens is 270 g/mol. The third-order valence-corrected chi connectivity index (χ3v) is 3.79. The maximum absolute atomic E-state index is 4.84. The molecule has 0 bridgehead atoms. The molecule has 22 heavy (non-hydrogen) atoms. The maximum Gasteiger partial charge on any atom is 0.163 e. The Balaban J connectivity index is 1.96. The van der Waals surface area contributed by atoms with Crippen molar-refractivity contribution in [2.45, 2.75) is 6.92 Å². The van der Waals surface area contributed by atoms with Crippen LogP contribution < -0.4 is 0 Å². The summed E-state index contributed by atoms with van der Waals surface area (Å²) >= 11 is 0. The van der Waals surface area contributed by atoms with Crippen molar-refractivity contribution in [2.75, 3.05) is 0 Å². The Labute approximate surface area is 128 Å². The highest BCUT2D eigenvalue weighted by Crippen LogP contribution is 2.28. The summed E-state index contributed by atoms with van der Waals surface area (Å²) in [7, 11) is 0. The summed E-state index contributed by atoms with van der Waals surface area (Å²) in [6.45, 7) is 2.03. The molecule has 2 aromatic heterocycles. The largest absolute Gasteiger partial charge is 0.228 e. The molecule has 0 saturated carbocycles. The van der Waals surface area contributed by atoms with Crippen LogP contribution in [0.1, 0.15) is 5.69 Å². The normalized spacial score (nSPS) is 11.0. The molecule has 4 rings (SSSR count). The number of aryl methyl sites for hydroxylation is 1. The molecule has 0 radical (unpaired) electrons. The van der Waals surface area contributed by atoms with Gasteiger partial charge in [-0.2, -0.15) is 5.10 Å². The first-order chi connectivity index (χ1) is 10.8. The number of benzene rings is 2. The number of hydrogen-bond acceptors (Lipinski definition) is 2. The van der Waals surface area contributed by atoms with Crippen molar-refractivity contribution in [1.29, 1.82) is 0 Å². The van der Waals surface area contributed by atoms with Gasteiger partial charge >= 0.3 is 0 Å². The number of fused-ring (bicyclic) bond motifs is 1. The molecule has 0 saturated heterocycles. The predicted octanol–water partition coefficient (Wildman–Crippen LogP) is 4.37. The minimum atomic E-state index is 0.894. The van der Waals surface area contributed by atoms with Gasteiger partial charge in [0.2, 0.25) is 0 Å². The molecule has 0 aliphatic carbocycles. The van der Waals surface area contributed by atoms with Crippen molar-refractivity contribution >= 4 is 5.65 Å². The number of nitrogens with zero attached hydrogens (tertiary/aromatic N) is 3. The average Bonchev–Trinajstić information content (AvgIpc) is 2.91. The molecule has 0 aliphatic heterocycles. The summed E-state index contributed by atoms with van der Waals surface area (Å²) in [5.41, 5.74) is 6.20. The molecule has 0 unspecified atom stereocenters. The van der Waals surface area contributed by atoms with Crippen molar-refractivity contribution in [3.63, 3.8) is 0 Å². The van der Waals surface area contributed by atoms with Gasteiger partial charge in [0.15, 0.2) is 5.65 Å². The molecule has 0 N–H and O–H groups in total. The van der Waals surface area contributed by atoms with Crippen molar-refractivity contribution in [3.8, 4) is 22.4 Å². The molecule has 106 valence electrons. The molecule has 0 spiro atoms. The van der Waals surface area contributed by atoms with E-state index in [0.29, 0.717) is 0 Å². The molecule has 0 aliphatic rings. The van der Waals surface area contributed by atoms with E-state index in [1.54, 1.807) is 0 Å². The SMILES string of the molecule is Cc1nn2ccc(-c3ccccc3)nc2c1-c1ccccc1. The van der Waals surface area contributed by atoms with E-state index in [1.807, 2.05) is 60.1 Å². The molecule has 2 aromatic carbocycles. The van der Waals surface area contributed by atoms with Gasteiger partial charge in [-0.3, -0.25) is 0 Å². The van der Waals surface area contributed by atoms with Crippen LogP contribution in [0.25, 0.3) is 28.0 Å². The van der Waals surface area contributed by atoms with Crippen LogP contribution in [0.5, 0.6) is 0 Å². The minimum absolute atomic E-state index is 0.894. The van der Waals surface area contributed by atoms with Crippen molar-refractivity contribution in [3.05, 3.63) is 78.6 Å². The molecular formula is C19H15N3. The first-order valence-electron chi connectivity index (χ1n) is 7.30. The fourth-order valence-electron chi connectivity index (χ4n) is 2.75. The molecule has 4 aromatic rings. The molecule has 0 atom stereocenters. The lowest BCUT2D eigenvalue weighted by atomic mass is 10.1. The number of hydrogen-bond donors (Lipinski definition) is 0. The molecule has 0 fully saturated rings. The standard InChI is InChI=1S/C19H15N3/c1-14-18(16-10-6-3-7-11-16)19-20-17(12-13-22(19)21-14)15-8-4-2-5-9-15/h2-13H,1H3. The third kappa shape index (κ3) is 2.07. The van der Waals surface area contributed by atoms with E-state index in [1.165, 1.54) is 0 Å². The quantitative estimate of drug-likeness (QED) is 0.547. The van der Waals surface area contributed by atoms with Crippen LogP contribution in [-0.4, -0.2) is 14.6 Å². The summed E-state index contributed by atoms with van der Waals surface area (Å²) in [6.07, 6.45) is 1.98. The first-order valence-corrected chi connectivity index (χ1v) is 7.30. The number of aromatic nitrogens is 3. The lowest BCUT2D eigenvalue weighted by Crippen LogP contribution is -1.92. The fraction of sp³-hybridized carbons (Fsp3) is 0.0526. The van der Waals surface area contributed by atoms with Crippen LogP contribution >= 0.6 is 0 Å². The topological polar surface area (TPSA) is 30.2 Å². The lowest BCUT2D eigenvalue weighted by Gasteiger charge is -2.03. The van der Waals surface area contributed by atoms with Crippen LogP contribution in [0.2, 0.25) is 0 Å². The Kier molecular flexibility index (Phi) is 2.97. The van der Waals surface area contributed by atoms with E-state index in [9.17, 15) is 0 Å². The summed E-state index contributed by atoms with van der Waals surface area (Å²) in [6, 6.07) is 22.5. The monoisotopic (exact) mass is 285 g/mol. The van der Waals surface area contributed by atoms with Crippen LogP contribution in [0, 0.1) is 6.92 Å². The van der Waals surface area contributed by atoms with Gasteiger partial charge in [-0.05, 0) is 18.6 Å². The Hall–Kier alpha value is -2.94.